The van der Waals surface area contributed by atoms with Gasteiger partial charge in [-0.05, 0) is 19.1 Å². The van der Waals surface area contributed by atoms with Crippen molar-refractivity contribution in [3.63, 3.8) is 0 Å². The Morgan fingerprint density at radius 3 is 2.81 bits per heavy atom. The molecule has 0 atom stereocenters. The molecule has 1 N–H and O–H groups in total. The topological polar surface area (TPSA) is 88.2 Å². The Kier molecular flexibility index (Phi) is 3.39. The van der Waals surface area contributed by atoms with Gasteiger partial charge < -0.3 is 9.64 Å². The molecule has 7 heteroatoms. The van der Waals surface area contributed by atoms with Gasteiger partial charge in [0.2, 0.25) is 5.88 Å². The highest BCUT2D eigenvalue weighted by Crippen LogP contribution is 2.17. The molecule has 21 heavy (non-hydrogen) atoms. The van der Waals surface area contributed by atoms with Crippen molar-refractivity contribution in [3.05, 3.63) is 52.1 Å². The Morgan fingerprint density at radius 1 is 1.33 bits per heavy atom. The molecule has 2 aromatic heterocycles. The molecule has 0 spiro atoms. The van der Waals surface area contributed by atoms with E-state index >= 15 is 0 Å². The van der Waals surface area contributed by atoms with Gasteiger partial charge in [-0.1, -0.05) is 6.07 Å². The van der Waals surface area contributed by atoms with Crippen LogP contribution in [0.4, 0.5) is 0 Å². The maximum Gasteiger partial charge on any atom is 0.274 e. The molecule has 1 amide bonds. The lowest BCUT2D eigenvalue weighted by Gasteiger charge is -2.38. The minimum Gasteiger partial charge on any atom is -0.471 e. The van der Waals surface area contributed by atoms with E-state index in [1.54, 1.807) is 11.0 Å². The van der Waals surface area contributed by atoms with Gasteiger partial charge in [0.15, 0.2) is 0 Å². The van der Waals surface area contributed by atoms with Crippen LogP contribution >= 0.6 is 0 Å². The highest BCUT2D eigenvalue weighted by Gasteiger charge is 2.33. The van der Waals surface area contributed by atoms with Crippen molar-refractivity contribution < 1.29 is 9.53 Å². The van der Waals surface area contributed by atoms with Crippen LogP contribution in [0.25, 0.3) is 0 Å². The number of hydrogen-bond acceptors (Lipinski definition) is 5. The number of nitrogens with one attached hydrogen (secondary N) is 1. The van der Waals surface area contributed by atoms with Crippen LogP contribution in [0.2, 0.25) is 0 Å². The average molecular weight is 286 g/mol. The molecule has 1 aliphatic heterocycles. The van der Waals surface area contributed by atoms with Gasteiger partial charge in [-0.2, -0.15) is 5.10 Å². The Labute approximate surface area is 120 Å². The van der Waals surface area contributed by atoms with Crippen molar-refractivity contribution in [2.24, 2.45) is 0 Å². The summed E-state index contributed by atoms with van der Waals surface area (Å²) >= 11 is 0. The summed E-state index contributed by atoms with van der Waals surface area (Å²) < 4.78 is 5.68. The summed E-state index contributed by atoms with van der Waals surface area (Å²) in [6, 6.07) is 8.26. The lowest BCUT2D eigenvalue weighted by Crippen LogP contribution is -2.56. The second-order valence-electron chi connectivity index (χ2n) is 4.87. The summed E-state index contributed by atoms with van der Waals surface area (Å²) in [5.74, 6) is 0.345. The predicted molar refractivity (Wildman–Crippen MR) is 74.2 cm³/mol. The van der Waals surface area contributed by atoms with Crippen LogP contribution in [0.15, 0.2) is 35.1 Å². The molecule has 0 aliphatic carbocycles. The molecule has 0 aromatic carbocycles. The van der Waals surface area contributed by atoms with Crippen molar-refractivity contribution in [3.8, 4) is 5.88 Å². The number of ether oxygens (including phenoxy) is 1. The zero-order chi connectivity index (χ0) is 14.8. The number of likely N-dealkylation sites (tertiary alicyclic amines) is 1. The number of rotatable bonds is 3. The monoisotopic (exact) mass is 286 g/mol. The number of H-pyrrole nitrogens is 1. The average Bonchev–Trinajstić information content (AvgIpc) is 2.42. The van der Waals surface area contributed by atoms with Gasteiger partial charge in [0.1, 0.15) is 11.8 Å². The molecule has 1 aliphatic rings. The predicted octanol–water partition coefficient (Wildman–Crippen LogP) is 0.377. The van der Waals surface area contributed by atoms with E-state index in [-0.39, 0.29) is 23.3 Å². The first-order valence-electron chi connectivity index (χ1n) is 6.57. The van der Waals surface area contributed by atoms with E-state index in [2.05, 4.69) is 15.2 Å². The van der Waals surface area contributed by atoms with Crippen molar-refractivity contribution in [1.29, 1.82) is 0 Å². The molecule has 108 valence electrons. The largest absolute Gasteiger partial charge is 0.471 e. The van der Waals surface area contributed by atoms with Gasteiger partial charge in [0.25, 0.3) is 11.5 Å². The SMILES string of the molecule is Cc1cccc(OC2CN(C(=O)c3ccc(=O)[nH]n3)C2)n1. The fraction of sp³-hybridized carbons (Fsp3) is 0.286. The van der Waals surface area contributed by atoms with E-state index in [0.29, 0.717) is 19.0 Å². The highest BCUT2D eigenvalue weighted by molar-refractivity contribution is 5.92. The summed E-state index contributed by atoms with van der Waals surface area (Å²) in [7, 11) is 0. The molecule has 1 fully saturated rings. The Morgan fingerprint density at radius 2 is 2.14 bits per heavy atom. The smallest absolute Gasteiger partial charge is 0.274 e. The second-order valence-corrected chi connectivity index (χ2v) is 4.87. The van der Waals surface area contributed by atoms with Crippen LogP contribution in [-0.2, 0) is 0 Å². The van der Waals surface area contributed by atoms with Gasteiger partial charge in [-0.25, -0.2) is 10.1 Å². The van der Waals surface area contributed by atoms with Gasteiger partial charge in [0, 0.05) is 17.8 Å². The number of carbonyl (C=O) groups is 1. The number of aromatic amines is 1. The Hall–Kier alpha value is -2.70. The molecule has 1 saturated heterocycles. The van der Waals surface area contributed by atoms with Gasteiger partial charge in [-0.15, -0.1) is 0 Å². The Balaban J connectivity index is 1.57. The van der Waals surface area contributed by atoms with Crippen molar-refractivity contribution in [2.45, 2.75) is 13.0 Å². The van der Waals surface area contributed by atoms with Crippen LogP contribution in [0.1, 0.15) is 16.2 Å². The first kappa shape index (κ1) is 13.3. The van der Waals surface area contributed by atoms with Crippen LogP contribution < -0.4 is 10.3 Å². The molecule has 0 radical (unpaired) electrons. The van der Waals surface area contributed by atoms with E-state index in [1.165, 1.54) is 12.1 Å². The summed E-state index contributed by atoms with van der Waals surface area (Å²) in [5, 5.41) is 5.97. The number of nitrogens with zero attached hydrogens (tertiary/aromatic N) is 3. The minimum atomic E-state index is -0.332. The molecule has 3 heterocycles. The molecule has 0 saturated carbocycles. The number of carbonyl (C=O) groups excluding carboxylic acids is 1. The normalized spacial score (nSPS) is 14.6. The lowest BCUT2D eigenvalue weighted by molar-refractivity contribution is 0.0154. The molecular weight excluding hydrogens is 272 g/mol. The van der Waals surface area contributed by atoms with E-state index < -0.39 is 0 Å². The molecule has 2 aromatic rings. The molecular formula is C14H14N4O3. The zero-order valence-electron chi connectivity index (χ0n) is 11.4. The van der Waals surface area contributed by atoms with Crippen LogP contribution in [0, 0.1) is 6.92 Å². The van der Waals surface area contributed by atoms with E-state index in [1.807, 2.05) is 19.1 Å². The fourth-order valence-corrected chi connectivity index (χ4v) is 2.06. The number of hydrogen-bond donors (Lipinski definition) is 1. The van der Waals surface area contributed by atoms with Crippen molar-refractivity contribution in [2.75, 3.05) is 13.1 Å². The van der Waals surface area contributed by atoms with E-state index in [9.17, 15) is 9.59 Å². The third-order valence-electron chi connectivity index (χ3n) is 3.18. The summed E-state index contributed by atoms with van der Waals surface area (Å²) in [6.45, 7) is 2.86. The number of aromatic nitrogens is 3. The van der Waals surface area contributed by atoms with Gasteiger partial charge in [0.05, 0.1) is 13.1 Å². The first-order chi connectivity index (χ1) is 10.1. The third-order valence-corrected chi connectivity index (χ3v) is 3.18. The van der Waals surface area contributed by atoms with Gasteiger partial charge in [-0.3, -0.25) is 9.59 Å². The number of amides is 1. The standard InChI is InChI=1S/C14H14N4O3/c1-9-3-2-4-13(15-9)21-10-7-18(8-10)14(20)11-5-6-12(19)17-16-11/h2-6,10H,7-8H2,1H3,(H,17,19). The third kappa shape index (κ3) is 2.91. The van der Waals surface area contributed by atoms with E-state index in [0.717, 1.165) is 5.69 Å². The maximum atomic E-state index is 12.1. The van der Waals surface area contributed by atoms with Crippen molar-refractivity contribution in [1.82, 2.24) is 20.1 Å². The number of pyridine rings is 1. The minimum absolute atomic E-state index is 0.0639. The lowest BCUT2D eigenvalue weighted by atomic mass is 10.1. The van der Waals surface area contributed by atoms with E-state index in [4.69, 9.17) is 4.74 Å². The molecule has 7 nitrogen and oxygen atoms in total. The maximum absolute atomic E-state index is 12.1. The van der Waals surface area contributed by atoms with Crippen molar-refractivity contribution >= 4 is 5.91 Å². The summed E-state index contributed by atoms with van der Waals surface area (Å²) in [4.78, 5) is 28.8. The number of aryl methyl sites for hydroxylation is 1. The second kappa shape index (κ2) is 5.35. The molecule has 3 rings (SSSR count). The highest BCUT2D eigenvalue weighted by atomic mass is 16.5. The van der Waals surface area contributed by atoms with Gasteiger partial charge >= 0.3 is 0 Å². The summed E-state index contributed by atoms with van der Waals surface area (Å²) in [6.07, 6.45) is -0.0639. The first-order valence-corrected chi connectivity index (χ1v) is 6.57. The quantitative estimate of drug-likeness (QED) is 0.881. The van der Waals surface area contributed by atoms with Crippen LogP contribution in [0.5, 0.6) is 5.88 Å². The Bertz CT molecular complexity index is 702. The summed E-state index contributed by atoms with van der Waals surface area (Å²) in [5.41, 5.74) is 0.779. The molecule has 0 bridgehead atoms. The van der Waals surface area contributed by atoms with Crippen LogP contribution in [0.3, 0.4) is 0 Å². The zero-order valence-corrected chi connectivity index (χ0v) is 11.4. The van der Waals surface area contributed by atoms with Crippen LogP contribution in [-0.4, -0.2) is 45.2 Å². The molecule has 0 unspecified atom stereocenters. The fourth-order valence-electron chi connectivity index (χ4n) is 2.06.